The Morgan fingerprint density at radius 1 is 1.23 bits per heavy atom. The van der Waals surface area contributed by atoms with Gasteiger partial charge in [0.1, 0.15) is 0 Å². The van der Waals surface area contributed by atoms with Gasteiger partial charge in [-0.05, 0) is 24.1 Å². The van der Waals surface area contributed by atoms with E-state index in [1.807, 2.05) is 0 Å². The third kappa shape index (κ3) is 1.98. The first-order chi connectivity index (χ1) is 5.68. The highest BCUT2D eigenvalue weighted by Gasteiger charge is 2.35. The summed E-state index contributed by atoms with van der Waals surface area (Å²) in [6.07, 6.45) is 0.880. The molecule has 0 aliphatic heterocycles. The normalized spacial score (nSPS) is 25.2. The molecule has 1 saturated carbocycles. The second kappa shape index (κ2) is 3.60. The van der Waals surface area contributed by atoms with Crippen molar-refractivity contribution in [1.29, 1.82) is 0 Å². The van der Waals surface area contributed by atoms with Crippen LogP contribution >= 0.6 is 12.4 Å². The van der Waals surface area contributed by atoms with Gasteiger partial charge in [-0.15, -0.1) is 12.4 Å². The Kier molecular flexibility index (Phi) is 2.88. The van der Waals surface area contributed by atoms with Crippen LogP contribution in [0.25, 0.3) is 0 Å². The molecule has 0 radical (unpaired) electrons. The number of hydrogen-bond donors (Lipinski definition) is 1. The molecule has 1 fully saturated rings. The van der Waals surface area contributed by atoms with Gasteiger partial charge in [0.25, 0.3) is 0 Å². The Labute approximate surface area is 81.3 Å². The molecule has 0 amide bonds. The second-order valence-electron chi connectivity index (χ2n) is 3.18. The number of benzene rings is 1. The maximum atomic E-state index is 12.7. The molecule has 72 valence electrons. The molecule has 1 aromatic carbocycles. The van der Waals surface area contributed by atoms with E-state index in [0.717, 1.165) is 18.1 Å². The summed E-state index contributed by atoms with van der Waals surface area (Å²) in [5.74, 6) is -1.35. The van der Waals surface area contributed by atoms with E-state index in [2.05, 4.69) is 0 Å². The number of rotatable bonds is 1. The lowest BCUT2D eigenvalue weighted by Crippen LogP contribution is -2.01. The molecule has 4 heteroatoms. The van der Waals surface area contributed by atoms with Crippen LogP contribution in [0.3, 0.4) is 0 Å². The van der Waals surface area contributed by atoms with Gasteiger partial charge in [0.15, 0.2) is 11.6 Å². The first-order valence-corrected chi connectivity index (χ1v) is 3.89. The van der Waals surface area contributed by atoms with Crippen molar-refractivity contribution in [3.63, 3.8) is 0 Å². The Balaban J connectivity index is 0.000000845. The van der Waals surface area contributed by atoms with Crippen LogP contribution < -0.4 is 5.73 Å². The predicted molar refractivity (Wildman–Crippen MR) is 48.9 cm³/mol. The van der Waals surface area contributed by atoms with Crippen molar-refractivity contribution in [3.05, 3.63) is 35.4 Å². The van der Waals surface area contributed by atoms with Crippen molar-refractivity contribution in [3.8, 4) is 0 Å². The SMILES string of the molecule is Cl.N[C@@H]1CC1c1ccc(F)c(F)c1. The fourth-order valence-corrected chi connectivity index (χ4v) is 1.34. The van der Waals surface area contributed by atoms with Gasteiger partial charge in [0.2, 0.25) is 0 Å². The highest BCUT2D eigenvalue weighted by atomic mass is 35.5. The number of hydrogen-bond acceptors (Lipinski definition) is 1. The van der Waals surface area contributed by atoms with Crippen molar-refractivity contribution < 1.29 is 8.78 Å². The van der Waals surface area contributed by atoms with Crippen LogP contribution in [0.2, 0.25) is 0 Å². The summed E-state index contributed by atoms with van der Waals surface area (Å²) >= 11 is 0. The van der Waals surface area contributed by atoms with E-state index in [1.165, 1.54) is 6.07 Å². The lowest BCUT2D eigenvalue weighted by atomic mass is 10.1. The first kappa shape index (κ1) is 10.4. The molecule has 2 rings (SSSR count). The molecule has 1 aliphatic carbocycles. The van der Waals surface area contributed by atoms with Gasteiger partial charge in [-0.25, -0.2) is 8.78 Å². The molecular formula is C9H10ClF2N. The zero-order chi connectivity index (χ0) is 8.72. The summed E-state index contributed by atoms with van der Waals surface area (Å²) in [5, 5.41) is 0. The van der Waals surface area contributed by atoms with Crippen LogP contribution in [0.5, 0.6) is 0 Å². The maximum absolute atomic E-state index is 12.7. The fourth-order valence-electron chi connectivity index (χ4n) is 1.34. The molecule has 0 aromatic heterocycles. The summed E-state index contributed by atoms with van der Waals surface area (Å²) in [7, 11) is 0. The van der Waals surface area contributed by atoms with Crippen molar-refractivity contribution in [2.24, 2.45) is 5.73 Å². The fraction of sp³-hybridized carbons (Fsp3) is 0.333. The minimum absolute atomic E-state index is 0. The topological polar surface area (TPSA) is 26.0 Å². The Hall–Kier alpha value is -0.670. The van der Waals surface area contributed by atoms with Crippen LogP contribution in [0.1, 0.15) is 17.9 Å². The third-order valence-electron chi connectivity index (χ3n) is 2.21. The monoisotopic (exact) mass is 205 g/mol. The molecule has 2 atom stereocenters. The molecule has 1 nitrogen and oxygen atoms in total. The van der Waals surface area contributed by atoms with Crippen molar-refractivity contribution in [1.82, 2.24) is 0 Å². The second-order valence-corrected chi connectivity index (χ2v) is 3.18. The van der Waals surface area contributed by atoms with Crippen LogP contribution in [0.4, 0.5) is 8.78 Å². The molecule has 13 heavy (non-hydrogen) atoms. The molecule has 2 N–H and O–H groups in total. The molecule has 1 unspecified atom stereocenters. The van der Waals surface area contributed by atoms with Gasteiger partial charge in [-0.3, -0.25) is 0 Å². The molecular weight excluding hydrogens is 196 g/mol. The zero-order valence-electron chi connectivity index (χ0n) is 6.84. The average molecular weight is 206 g/mol. The summed E-state index contributed by atoms with van der Waals surface area (Å²) in [4.78, 5) is 0. The van der Waals surface area contributed by atoms with Crippen molar-refractivity contribution in [2.45, 2.75) is 18.4 Å². The van der Waals surface area contributed by atoms with Gasteiger partial charge in [-0.1, -0.05) is 6.07 Å². The van der Waals surface area contributed by atoms with E-state index in [1.54, 1.807) is 6.07 Å². The van der Waals surface area contributed by atoms with Crippen LogP contribution in [0, 0.1) is 11.6 Å². The highest BCUT2D eigenvalue weighted by Crippen LogP contribution is 2.39. The van der Waals surface area contributed by atoms with E-state index < -0.39 is 11.6 Å². The number of halogens is 3. The van der Waals surface area contributed by atoms with E-state index in [9.17, 15) is 8.78 Å². The van der Waals surface area contributed by atoms with E-state index >= 15 is 0 Å². The Bertz CT molecular complexity index is 316. The van der Waals surface area contributed by atoms with E-state index in [0.29, 0.717) is 0 Å². The van der Waals surface area contributed by atoms with Gasteiger partial charge in [0.05, 0.1) is 0 Å². The predicted octanol–water partition coefficient (Wildman–Crippen LogP) is 2.20. The lowest BCUT2D eigenvalue weighted by molar-refractivity contribution is 0.507. The first-order valence-electron chi connectivity index (χ1n) is 3.89. The lowest BCUT2D eigenvalue weighted by Gasteiger charge is -1.98. The summed E-state index contributed by atoms with van der Waals surface area (Å²) in [5.41, 5.74) is 6.38. The zero-order valence-corrected chi connectivity index (χ0v) is 7.65. The van der Waals surface area contributed by atoms with Gasteiger partial charge >= 0.3 is 0 Å². The van der Waals surface area contributed by atoms with Crippen LogP contribution in [-0.2, 0) is 0 Å². The third-order valence-corrected chi connectivity index (χ3v) is 2.21. The van der Waals surface area contributed by atoms with Crippen molar-refractivity contribution in [2.75, 3.05) is 0 Å². The van der Waals surface area contributed by atoms with Gasteiger partial charge < -0.3 is 5.73 Å². The molecule has 1 aromatic rings. The number of nitrogens with two attached hydrogens (primary N) is 1. The summed E-state index contributed by atoms with van der Waals surface area (Å²) in [6.45, 7) is 0. The van der Waals surface area contributed by atoms with Crippen LogP contribution in [0.15, 0.2) is 18.2 Å². The van der Waals surface area contributed by atoms with Gasteiger partial charge in [0, 0.05) is 12.0 Å². The van der Waals surface area contributed by atoms with E-state index in [-0.39, 0.29) is 24.4 Å². The molecule has 0 heterocycles. The smallest absolute Gasteiger partial charge is 0.159 e. The van der Waals surface area contributed by atoms with E-state index in [4.69, 9.17) is 5.73 Å². The molecule has 1 aliphatic rings. The molecule has 0 spiro atoms. The maximum Gasteiger partial charge on any atom is 0.159 e. The highest BCUT2D eigenvalue weighted by molar-refractivity contribution is 5.85. The van der Waals surface area contributed by atoms with Gasteiger partial charge in [-0.2, -0.15) is 0 Å². The largest absolute Gasteiger partial charge is 0.327 e. The minimum atomic E-state index is -0.798. The summed E-state index contributed by atoms with van der Waals surface area (Å²) in [6, 6.07) is 4.10. The quantitative estimate of drug-likeness (QED) is 0.748. The summed E-state index contributed by atoms with van der Waals surface area (Å²) < 4.78 is 25.2. The molecule has 0 bridgehead atoms. The standard InChI is InChI=1S/C9H9F2N.ClH/c10-7-2-1-5(3-8(7)11)6-4-9(6)12;/h1-3,6,9H,4,12H2;1H/t6?,9-;/m1./s1. The minimum Gasteiger partial charge on any atom is -0.327 e. The van der Waals surface area contributed by atoms with Crippen molar-refractivity contribution >= 4 is 12.4 Å². The average Bonchev–Trinajstić information content (AvgIpc) is 2.73. The van der Waals surface area contributed by atoms with Crippen LogP contribution in [-0.4, -0.2) is 6.04 Å². The Morgan fingerprint density at radius 2 is 1.85 bits per heavy atom. The molecule has 0 saturated heterocycles. The Morgan fingerprint density at radius 3 is 2.31 bits per heavy atom.